The summed E-state index contributed by atoms with van der Waals surface area (Å²) in [4.78, 5) is 23.7. The number of nitrogens with one attached hydrogen (secondary N) is 1. The van der Waals surface area contributed by atoms with Crippen molar-refractivity contribution in [2.45, 2.75) is 18.9 Å². The van der Waals surface area contributed by atoms with Crippen LogP contribution in [0.25, 0.3) is 0 Å². The van der Waals surface area contributed by atoms with Crippen LogP contribution in [0, 0.1) is 5.82 Å². The molecule has 5 nitrogen and oxygen atoms in total. The molecule has 0 unspecified atom stereocenters. The molecule has 0 bridgehead atoms. The lowest BCUT2D eigenvalue weighted by atomic mass is 10.2. The van der Waals surface area contributed by atoms with E-state index >= 15 is 0 Å². The summed E-state index contributed by atoms with van der Waals surface area (Å²) >= 11 is 0. The Labute approximate surface area is 103 Å². The Morgan fingerprint density at radius 1 is 1.39 bits per heavy atom. The second-order valence-corrected chi connectivity index (χ2v) is 4.29. The fourth-order valence-corrected chi connectivity index (χ4v) is 1.51. The molecule has 0 saturated heterocycles. The molecule has 6 heteroatoms. The highest BCUT2D eigenvalue weighted by Crippen LogP contribution is 2.21. The first-order valence-electron chi connectivity index (χ1n) is 5.55. The number of carbonyl (C=O) groups is 2. The Balaban J connectivity index is 2.20. The summed E-state index contributed by atoms with van der Waals surface area (Å²) in [7, 11) is 1.47. The summed E-state index contributed by atoms with van der Waals surface area (Å²) in [5, 5.41) is 11.6. The molecule has 1 saturated carbocycles. The molecular weight excluding hydrogens is 239 g/mol. The summed E-state index contributed by atoms with van der Waals surface area (Å²) < 4.78 is 13.3. The molecule has 1 aliphatic rings. The van der Waals surface area contributed by atoms with Crippen LogP contribution in [-0.2, 0) is 0 Å². The van der Waals surface area contributed by atoms with E-state index in [4.69, 9.17) is 5.11 Å². The Morgan fingerprint density at radius 2 is 2.06 bits per heavy atom. The third-order valence-corrected chi connectivity index (χ3v) is 2.73. The predicted octanol–water partition coefficient (Wildman–Crippen LogP) is 1.83. The van der Waals surface area contributed by atoms with Crippen molar-refractivity contribution >= 4 is 17.7 Å². The molecule has 0 spiro atoms. The molecule has 1 fully saturated rings. The predicted molar refractivity (Wildman–Crippen MR) is 63.3 cm³/mol. The molecule has 2 amide bonds. The van der Waals surface area contributed by atoms with Gasteiger partial charge in [-0.15, -0.1) is 0 Å². The third-order valence-electron chi connectivity index (χ3n) is 2.73. The quantitative estimate of drug-likeness (QED) is 0.862. The smallest absolute Gasteiger partial charge is 0.335 e. The number of carboxylic acid groups (broad SMARTS) is 1. The normalized spacial score (nSPS) is 14.1. The first-order valence-corrected chi connectivity index (χ1v) is 5.55. The van der Waals surface area contributed by atoms with Crippen LogP contribution in [0.3, 0.4) is 0 Å². The van der Waals surface area contributed by atoms with Gasteiger partial charge in [0.15, 0.2) is 0 Å². The van der Waals surface area contributed by atoms with Gasteiger partial charge in [-0.2, -0.15) is 0 Å². The van der Waals surface area contributed by atoms with E-state index in [1.54, 1.807) is 0 Å². The van der Waals surface area contributed by atoms with Crippen molar-refractivity contribution in [1.29, 1.82) is 0 Å². The molecule has 0 radical (unpaired) electrons. The minimum atomic E-state index is -1.23. The van der Waals surface area contributed by atoms with Crippen LogP contribution in [0.2, 0.25) is 0 Å². The number of hydrogen-bond donors (Lipinski definition) is 2. The second-order valence-electron chi connectivity index (χ2n) is 4.29. The molecule has 0 aromatic heterocycles. The van der Waals surface area contributed by atoms with Crippen molar-refractivity contribution in [3.05, 3.63) is 29.6 Å². The van der Waals surface area contributed by atoms with Crippen LogP contribution in [0.4, 0.5) is 14.9 Å². The van der Waals surface area contributed by atoms with Gasteiger partial charge in [-0.05, 0) is 31.0 Å². The van der Waals surface area contributed by atoms with E-state index in [-0.39, 0.29) is 23.3 Å². The highest BCUT2D eigenvalue weighted by Gasteiger charge is 2.25. The average Bonchev–Trinajstić information content (AvgIpc) is 3.11. The van der Waals surface area contributed by atoms with Crippen LogP contribution in [0.15, 0.2) is 18.2 Å². The average molecular weight is 252 g/mol. The molecule has 2 rings (SSSR count). The molecule has 1 aromatic carbocycles. The van der Waals surface area contributed by atoms with Gasteiger partial charge in [0.25, 0.3) is 0 Å². The molecule has 0 atom stereocenters. The lowest BCUT2D eigenvalue weighted by Gasteiger charge is -2.18. The minimum Gasteiger partial charge on any atom is -0.478 e. The summed E-state index contributed by atoms with van der Waals surface area (Å²) in [5.74, 6) is -1.91. The number of carbonyl (C=O) groups excluding carboxylic acids is 1. The lowest BCUT2D eigenvalue weighted by molar-refractivity contribution is 0.0696. The van der Waals surface area contributed by atoms with Gasteiger partial charge < -0.3 is 10.4 Å². The van der Waals surface area contributed by atoms with Crippen molar-refractivity contribution in [2.24, 2.45) is 0 Å². The Bertz CT molecular complexity index is 500. The van der Waals surface area contributed by atoms with Crippen LogP contribution < -0.4 is 10.2 Å². The van der Waals surface area contributed by atoms with Gasteiger partial charge >= 0.3 is 12.0 Å². The van der Waals surface area contributed by atoms with Gasteiger partial charge in [-0.25, -0.2) is 14.0 Å². The van der Waals surface area contributed by atoms with Gasteiger partial charge in [0.05, 0.1) is 5.56 Å². The SMILES string of the molecule is CN(C(=O)NC1CC1)c1cc(F)cc(C(=O)O)c1. The van der Waals surface area contributed by atoms with Crippen LogP contribution in [-0.4, -0.2) is 30.2 Å². The molecule has 18 heavy (non-hydrogen) atoms. The monoisotopic (exact) mass is 252 g/mol. The van der Waals surface area contributed by atoms with E-state index in [1.165, 1.54) is 18.0 Å². The number of halogens is 1. The van der Waals surface area contributed by atoms with Crippen LogP contribution in [0.1, 0.15) is 23.2 Å². The number of anilines is 1. The number of benzene rings is 1. The van der Waals surface area contributed by atoms with E-state index in [0.717, 1.165) is 25.0 Å². The third kappa shape index (κ3) is 2.77. The minimum absolute atomic E-state index is 0.184. The summed E-state index contributed by atoms with van der Waals surface area (Å²) in [6, 6.07) is 3.13. The highest BCUT2D eigenvalue weighted by atomic mass is 19.1. The maximum absolute atomic E-state index is 13.3. The van der Waals surface area contributed by atoms with Gasteiger partial charge in [-0.1, -0.05) is 0 Å². The van der Waals surface area contributed by atoms with Crippen molar-refractivity contribution in [1.82, 2.24) is 5.32 Å². The van der Waals surface area contributed by atoms with Gasteiger partial charge in [0.2, 0.25) is 0 Å². The number of hydrogen-bond acceptors (Lipinski definition) is 2. The first kappa shape index (κ1) is 12.3. The largest absolute Gasteiger partial charge is 0.478 e. The van der Waals surface area contributed by atoms with Gasteiger partial charge in [-0.3, -0.25) is 4.90 Å². The standard InChI is InChI=1S/C12H13FN2O3/c1-15(12(18)14-9-2-3-9)10-5-7(11(16)17)4-8(13)6-10/h4-6,9H,2-3H2,1H3,(H,14,18)(H,16,17). The van der Waals surface area contributed by atoms with Crippen LogP contribution >= 0.6 is 0 Å². The zero-order valence-corrected chi connectivity index (χ0v) is 9.81. The van der Waals surface area contributed by atoms with Crippen molar-refractivity contribution in [2.75, 3.05) is 11.9 Å². The number of carboxylic acids is 1. The fraction of sp³-hybridized carbons (Fsp3) is 0.333. The van der Waals surface area contributed by atoms with Crippen molar-refractivity contribution in [3.8, 4) is 0 Å². The maximum Gasteiger partial charge on any atom is 0.335 e. The zero-order chi connectivity index (χ0) is 13.3. The molecule has 1 aliphatic carbocycles. The summed E-state index contributed by atoms with van der Waals surface area (Å²) in [5.41, 5.74) is 0.0293. The fourth-order valence-electron chi connectivity index (χ4n) is 1.51. The molecule has 0 heterocycles. The molecule has 2 N–H and O–H groups in total. The second kappa shape index (κ2) is 4.64. The number of urea groups is 1. The van der Waals surface area contributed by atoms with E-state index < -0.39 is 11.8 Å². The Hall–Kier alpha value is -2.11. The van der Waals surface area contributed by atoms with E-state index in [0.29, 0.717) is 0 Å². The number of amides is 2. The number of rotatable bonds is 3. The molecule has 96 valence electrons. The summed E-state index contributed by atoms with van der Waals surface area (Å²) in [6.07, 6.45) is 1.90. The highest BCUT2D eigenvalue weighted by molar-refractivity contribution is 5.94. The lowest BCUT2D eigenvalue weighted by Crippen LogP contribution is -2.38. The van der Waals surface area contributed by atoms with Gasteiger partial charge in [0, 0.05) is 18.8 Å². The summed E-state index contributed by atoms with van der Waals surface area (Å²) in [6.45, 7) is 0. The topological polar surface area (TPSA) is 69.6 Å². The molecule has 1 aromatic rings. The zero-order valence-electron chi connectivity index (χ0n) is 9.81. The van der Waals surface area contributed by atoms with Gasteiger partial charge in [0.1, 0.15) is 5.82 Å². The maximum atomic E-state index is 13.3. The van der Waals surface area contributed by atoms with Crippen molar-refractivity contribution in [3.63, 3.8) is 0 Å². The first-order chi connectivity index (χ1) is 8.47. The molecular formula is C12H13FN2O3. The molecule has 0 aliphatic heterocycles. The van der Waals surface area contributed by atoms with E-state index in [1.807, 2.05) is 0 Å². The van der Waals surface area contributed by atoms with E-state index in [9.17, 15) is 14.0 Å². The Kier molecular flexibility index (Phi) is 3.18. The Morgan fingerprint density at radius 3 is 2.61 bits per heavy atom. The number of aromatic carboxylic acids is 1. The van der Waals surface area contributed by atoms with Crippen LogP contribution in [0.5, 0.6) is 0 Å². The number of nitrogens with zero attached hydrogens (tertiary/aromatic N) is 1. The van der Waals surface area contributed by atoms with E-state index in [2.05, 4.69) is 5.32 Å². The van der Waals surface area contributed by atoms with Crippen molar-refractivity contribution < 1.29 is 19.1 Å².